The quantitative estimate of drug-likeness (QED) is 0.348. The van der Waals surface area contributed by atoms with E-state index in [9.17, 15) is 18.5 Å². The van der Waals surface area contributed by atoms with Crippen molar-refractivity contribution in [1.82, 2.24) is 0 Å². The van der Waals surface area contributed by atoms with Crippen molar-refractivity contribution in [2.24, 2.45) is 0 Å². The van der Waals surface area contributed by atoms with Gasteiger partial charge in [0.15, 0.2) is 9.84 Å². The lowest BCUT2D eigenvalue weighted by Gasteiger charge is -2.10. The topological polar surface area (TPSA) is 77.3 Å². The molecule has 0 aliphatic carbocycles. The van der Waals surface area contributed by atoms with Gasteiger partial charge in [0, 0.05) is 23.5 Å². The maximum absolute atomic E-state index is 11.4. The molecule has 19 heavy (non-hydrogen) atoms. The molecule has 0 radical (unpaired) electrons. The van der Waals surface area contributed by atoms with Crippen LogP contribution in [0.15, 0.2) is 28.0 Å². The van der Waals surface area contributed by atoms with Crippen LogP contribution in [-0.4, -0.2) is 30.7 Å². The Bertz CT molecular complexity index is 574. The summed E-state index contributed by atoms with van der Waals surface area (Å²) < 4.78 is 22.8. The number of nitro benzene ring substituents is 1. The van der Waals surface area contributed by atoms with Gasteiger partial charge in [-0.15, -0.1) is 23.4 Å². The first-order valence-electron chi connectivity index (χ1n) is 5.47. The lowest BCUT2D eigenvalue weighted by molar-refractivity contribution is -0.388. The van der Waals surface area contributed by atoms with Gasteiger partial charge >= 0.3 is 0 Å². The number of hydrogen-bond acceptors (Lipinski definition) is 5. The van der Waals surface area contributed by atoms with Crippen molar-refractivity contribution in [2.45, 2.75) is 28.4 Å². The Balaban J connectivity index is 3.16. The zero-order valence-electron chi connectivity index (χ0n) is 10.5. The number of sulfone groups is 1. The van der Waals surface area contributed by atoms with Crippen molar-refractivity contribution >= 4 is 38.9 Å². The predicted octanol–water partition coefficient (Wildman–Crippen LogP) is 3.11. The Hall–Kier alpha value is -0.790. The average Bonchev–Trinajstić information content (AvgIpc) is 2.27. The average molecular weight is 324 g/mol. The Morgan fingerprint density at radius 2 is 2.11 bits per heavy atom. The van der Waals surface area contributed by atoms with Crippen LogP contribution in [0.5, 0.6) is 0 Å². The van der Waals surface area contributed by atoms with Gasteiger partial charge in [-0.2, -0.15) is 0 Å². The summed E-state index contributed by atoms with van der Waals surface area (Å²) in [7, 11) is -3.45. The second-order valence-corrected chi connectivity index (χ2v) is 7.94. The molecule has 0 fully saturated rings. The lowest BCUT2D eigenvalue weighted by atomic mass is 10.3. The molecular weight excluding hydrogens is 310 g/mol. The van der Waals surface area contributed by atoms with Crippen LogP contribution >= 0.6 is 23.4 Å². The maximum atomic E-state index is 11.4. The first kappa shape index (κ1) is 16.3. The van der Waals surface area contributed by atoms with E-state index in [2.05, 4.69) is 0 Å². The summed E-state index contributed by atoms with van der Waals surface area (Å²) in [6.45, 7) is 1.92. The molecule has 5 nitrogen and oxygen atoms in total. The van der Waals surface area contributed by atoms with E-state index >= 15 is 0 Å². The zero-order valence-corrected chi connectivity index (χ0v) is 12.9. The molecule has 1 aromatic carbocycles. The van der Waals surface area contributed by atoms with Crippen LogP contribution in [0.25, 0.3) is 0 Å². The Morgan fingerprint density at radius 1 is 1.47 bits per heavy atom. The van der Waals surface area contributed by atoms with Gasteiger partial charge in [-0.05, 0) is 18.6 Å². The van der Waals surface area contributed by atoms with Gasteiger partial charge in [-0.1, -0.05) is 6.92 Å². The third-order valence-electron chi connectivity index (χ3n) is 2.40. The highest BCUT2D eigenvalue weighted by Crippen LogP contribution is 2.34. The summed E-state index contributed by atoms with van der Waals surface area (Å²) in [6.07, 6.45) is 1.74. The maximum Gasteiger partial charge on any atom is 0.284 e. The molecule has 1 rings (SSSR count). The predicted molar refractivity (Wildman–Crippen MR) is 76.9 cm³/mol. The highest BCUT2D eigenvalue weighted by Gasteiger charge is 2.20. The minimum absolute atomic E-state index is 0.0476. The van der Waals surface area contributed by atoms with Crippen LogP contribution in [0.3, 0.4) is 0 Å². The Kier molecular flexibility index (Phi) is 5.64. The summed E-state index contributed by atoms with van der Waals surface area (Å²) >= 11 is 6.94. The largest absolute Gasteiger partial charge is 0.284 e. The zero-order chi connectivity index (χ0) is 14.6. The molecule has 8 heteroatoms. The smallest absolute Gasteiger partial charge is 0.258 e. The normalized spacial score (nSPS) is 13.2. The van der Waals surface area contributed by atoms with Crippen LogP contribution in [0.1, 0.15) is 13.3 Å². The van der Waals surface area contributed by atoms with Crippen LogP contribution in [0.2, 0.25) is 0 Å². The number of alkyl halides is 1. The molecular formula is C11H14ClNO4S2. The van der Waals surface area contributed by atoms with Gasteiger partial charge in [0.1, 0.15) is 0 Å². The van der Waals surface area contributed by atoms with Crippen molar-refractivity contribution in [2.75, 3.05) is 12.1 Å². The molecule has 1 atom stereocenters. The van der Waals surface area contributed by atoms with E-state index in [0.717, 1.165) is 18.7 Å². The lowest BCUT2D eigenvalue weighted by Crippen LogP contribution is -2.02. The van der Waals surface area contributed by atoms with E-state index in [1.54, 1.807) is 0 Å². The van der Waals surface area contributed by atoms with Crippen LogP contribution in [0.4, 0.5) is 5.69 Å². The number of nitro groups is 1. The van der Waals surface area contributed by atoms with Crippen molar-refractivity contribution in [3.63, 3.8) is 0 Å². The van der Waals surface area contributed by atoms with E-state index in [1.807, 2.05) is 6.92 Å². The van der Waals surface area contributed by atoms with Crippen molar-refractivity contribution in [1.29, 1.82) is 0 Å². The fourth-order valence-corrected chi connectivity index (χ4v) is 3.57. The summed E-state index contributed by atoms with van der Waals surface area (Å²) in [6, 6.07) is 3.97. The van der Waals surface area contributed by atoms with Crippen LogP contribution < -0.4 is 0 Å². The number of nitrogens with zero attached hydrogens (tertiary/aromatic N) is 1. The van der Waals surface area contributed by atoms with Gasteiger partial charge < -0.3 is 0 Å². The van der Waals surface area contributed by atoms with E-state index in [4.69, 9.17) is 11.6 Å². The van der Waals surface area contributed by atoms with Crippen molar-refractivity contribution in [3.05, 3.63) is 28.3 Å². The van der Waals surface area contributed by atoms with Gasteiger partial charge in [-0.3, -0.25) is 10.1 Å². The van der Waals surface area contributed by atoms with E-state index in [0.29, 0.717) is 10.8 Å². The van der Waals surface area contributed by atoms with Gasteiger partial charge in [0.2, 0.25) is 0 Å². The summed E-state index contributed by atoms with van der Waals surface area (Å²) in [5.41, 5.74) is -0.186. The fraction of sp³-hybridized carbons (Fsp3) is 0.455. The SMILES string of the molecule is CC(CCCl)Sc1ccc(S(C)(=O)=O)cc1[N+](=O)[O-]. The van der Waals surface area contributed by atoms with E-state index in [1.165, 1.54) is 23.9 Å². The number of halogens is 1. The third-order valence-corrected chi connectivity index (χ3v) is 4.96. The van der Waals surface area contributed by atoms with Gasteiger partial charge in [0.25, 0.3) is 5.69 Å². The Morgan fingerprint density at radius 3 is 2.58 bits per heavy atom. The number of thioether (sulfide) groups is 1. The molecule has 106 valence electrons. The second-order valence-electron chi connectivity index (χ2n) is 4.06. The third kappa shape index (κ3) is 4.67. The van der Waals surface area contributed by atoms with Gasteiger partial charge in [0.05, 0.1) is 14.7 Å². The number of benzene rings is 1. The highest BCUT2D eigenvalue weighted by molar-refractivity contribution is 8.00. The van der Waals surface area contributed by atoms with Crippen LogP contribution in [-0.2, 0) is 9.84 Å². The van der Waals surface area contributed by atoms with Gasteiger partial charge in [-0.25, -0.2) is 8.42 Å². The first-order valence-corrected chi connectivity index (χ1v) is 8.77. The molecule has 0 N–H and O–H groups in total. The summed E-state index contributed by atoms with van der Waals surface area (Å²) in [5, 5.41) is 11.1. The molecule has 0 bridgehead atoms. The molecule has 0 aromatic heterocycles. The highest BCUT2D eigenvalue weighted by atomic mass is 35.5. The summed E-state index contributed by atoms with van der Waals surface area (Å²) in [4.78, 5) is 10.9. The molecule has 1 aromatic rings. The standard InChI is InChI=1S/C11H14ClNO4S2/c1-8(5-6-12)18-11-4-3-9(19(2,16)17)7-10(11)13(14)15/h3-4,7-8H,5-6H2,1-2H3. The number of hydrogen-bond donors (Lipinski definition) is 0. The second kappa shape index (κ2) is 6.58. The fourth-order valence-electron chi connectivity index (χ4n) is 1.40. The monoisotopic (exact) mass is 323 g/mol. The molecule has 0 spiro atoms. The van der Waals surface area contributed by atoms with Crippen molar-refractivity contribution < 1.29 is 13.3 Å². The molecule has 0 amide bonds. The van der Waals surface area contributed by atoms with E-state index < -0.39 is 14.8 Å². The minimum atomic E-state index is -3.45. The minimum Gasteiger partial charge on any atom is -0.258 e. The van der Waals surface area contributed by atoms with Crippen LogP contribution in [0, 0.1) is 10.1 Å². The first-order chi connectivity index (χ1) is 8.75. The Labute approximate surface area is 121 Å². The number of rotatable bonds is 6. The van der Waals surface area contributed by atoms with E-state index in [-0.39, 0.29) is 15.8 Å². The molecule has 0 aliphatic heterocycles. The molecule has 0 aliphatic rings. The molecule has 0 heterocycles. The molecule has 0 saturated heterocycles. The molecule has 0 saturated carbocycles. The van der Waals surface area contributed by atoms with Crippen molar-refractivity contribution in [3.8, 4) is 0 Å². The summed E-state index contributed by atoms with van der Waals surface area (Å²) in [5.74, 6) is 0.476. The molecule has 1 unspecified atom stereocenters.